The minimum atomic E-state index is 0.0635. The molecule has 0 aliphatic rings. The average molecular weight is 256 g/mol. The predicted octanol–water partition coefficient (Wildman–Crippen LogP) is 2.07. The SMILES string of the molecule is O=c1ccccn1CCNCCCc1ccccc1. The van der Waals surface area contributed by atoms with Crippen LogP contribution in [-0.2, 0) is 13.0 Å². The van der Waals surface area contributed by atoms with Crippen molar-refractivity contribution in [2.45, 2.75) is 19.4 Å². The van der Waals surface area contributed by atoms with Crippen molar-refractivity contribution in [3.05, 3.63) is 70.6 Å². The van der Waals surface area contributed by atoms with E-state index in [1.165, 1.54) is 5.56 Å². The van der Waals surface area contributed by atoms with E-state index in [1.54, 1.807) is 16.7 Å². The van der Waals surface area contributed by atoms with Crippen LogP contribution < -0.4 is 10.9 Å². The molecule has 0 unspecified atom stereocenters. The summed E-state index contributed by atoms with van der Waals surface area (Å²) in [4.78, 5) is 11.5. The van der Waals surface area contributed by atoms with Crippen LogP contribution in [0.5, 0.6) is 0 Å². The molecule has 0 saturated heterocycles. The van der Waals surface area contributed by atoms with E-state index in [1.807, 2.05) is 18.3 Å². The van der Waals surface area contributed by atoms with Crippen molar-refractivity contribution >= 4 is 0 Å². The minimum absolute atomic E-state index is 0.0635. The molecule has 100 valence electrons. The fraction of sp³-hybridized carbons (Fsp3) is 0.312. The van der Waals surface area contributed by atoms with Crippen molar-refractivity contribution in [2.75, 3.05) is 13.1 Å². The maximum atomic E-state index is 11.5. The molecule has 1 aromatic carbocycles. The quantitative estimate of drug-likeness (QED) is 0.770. The highest BCUT2D eigenvalue weighted by Crippen LogP contribution is 2.01. The summed E-state index contributed by atoms with van der Waals surface area (Å²) in [6.45, 7) is 2.54. The van der Waals surface area contributed by atoms with Gasteiger partial charge in [0.2, 0.25) is 0 Å². The maximum Gasteiger partial charge on any atom is 0.250 e. The molecule has 0 amide bonds. The second-order valence-electron chi connectivity index (χ2n) is 4.57. The Hall–Kier alpha value is -1.87. The zero-order valence-corrected chi connectivity index (χ0v) is 11.1. The lowest BCUT2D eigenvalue weighted by Gasteiger charge is -2.07. The van der Waals surface area contributed by atoms with Crippen LogP contribution in [0.25, 0.3) is 0 Å². The zero-order chi connectivity index (χ0) is 13.3. The van der Waals surface area contributed by atoms with Gasteiger partial charge in [-0.25, -0.2) is 0 Å². The Labute approximate surface area is 113 Å². The molecule has 2 aromatic rings. The summed E-state index contributed by atoms with van der Waals surface area (Å²) >= 11 is 0. The lowest BCUT2D eigenvalue weighted by atomic mass is 10.1. The van der Waals surface area contributed by atoms with Crippen molar-refractivity contribution in [1.82, 2.24) is 9.88 Å². The van der Waals surface area contributed by atoms with Crippen molar-refractivity contribution in [3.8, 4) is 0 Å². The van der Waals surface area contributed by atoms with E-state index >= 15 is 0 Å². The number of rotatable bonds is 7. The number of pyridine rings is 1. The molecule has 0 aliphatic carbocycles. The smallest absolute Gasteiger partial charge is 0.250 e. The summed E-state index contributed by atoms with van der Waals surface area (Å²) < 4.78 is 1.73. The molecule has 0 aliphatic heterocycles. The molecule has 0 bridgehead atoms. The first-order valence-corrected chi connectivity index (χ1v) is 6.76. The van der Waals surface area contributed by atoms with E-state index in [0.29, 0.717) is 0 Å². The normalized spacial score (nSPS) is 10.5. The fourth-order valence-electron chi connectivity index (χ4n) is 2.03. The summed E-state index contributed by atoms with van der Waals surface area (Å²) in [5.41, 5.74) is 1.44. The van der Waals surface area contributed by atoms with Crippen LogP contribution >= 0.6 is 0 Å². The Morgan fingerprint density at radius 2 is 1.74 bits per heavy atom. The molecule has 3 nitrogen and oxygen atoms in total. The van der Waals surface area contributed by atoms with Gasteiger partial charge in [0.1, 0.15) is 0 Å². The molecule has 0 spiro atoms. The van der Waals surface area contributed by atoms with E-state index in [4.69, 9.17) is 0 Å². The highest BCUT2D eigenvalue weighted by Gasteiger charge is 1.94. The molecule has 0 saturated carbocycles. The highest BCUT2D eigenvalue weighted by molar-refractivity contribution is 5.14. The Balaban J connectivity index is 1.60. The Morgan fingerprint density at radius 1 is 0.947 bits per heavy atom. The van der Waals surface area contributed by atoms with Gasteiger partial charge in [-0.05, 0) is 31.0 Å². The number of aryl methyl sites for hydroxylation is 1. The lowest BCUT2D eigenvalue weighted by molar-refractivity contribution is 0.573. The van der Waals surface area contributed by atoms with Gasteiger partial charge < -0.3 is 9.88 Å². The third-order valence-electron chi connectivity index (χ3n) is 3.09. The van der Waals surface area contributed by atoms with Gasteiger partial charge in [-0.3, -0.25) is 4.79 Å². The summed E-state index contributed by atoms with van der Waals surface area (Å²) in [5, 5.41) is 3.37. The fourth-order valence-corrected chi connectivity index (χ4v) is 2.03. The van der Waals surface area contributed by atoms with Crippen LogP contribution in [0.4, 0.5) is 0 Å². The van der Waals surface area contributed by atoms with Gasteiger partial charge in [-0.15, -0.1) is 0 Å². The Bertz CT molecular complexity index is 534. The number of benzene rings is 1. The topological polar surface area (TPSA) is 34.0 Å². The highest BCUT2D eigenvalue weighted by atomic mass is 16.1. The van der Waals surface area contributed by atoms with E-state index in [-0.39, 0.29) is 5.56 Å². The number of hydrogen-bond acceptors (Lipinski definition) is 2. The summed E-state index contributed by atoms with van der Waals surface area (Å²) in [6, 6.07) is 15.7. The van der Waals surface area contributed by atoms with Gasteiger partial charge >= 0.3 is 0 Å². The minimum Gasteiger partial charge on any atom is -0.315 e. The first kappa shape index (κ1) is 13.6. The van der Waals surface area contributed by atoms with Crippen LogP contribution in [0.1, 0.15) is 12.0 Å². The molecule has 0 radical (unpaired) electrons. The second kappa shape index (κ2) is 7.54. The van der Waals surface area contributed by atoms with Crippen LogP contribution in [0, 0.1) is 0 Å². The summed E-state index contributed by atoms with van der Waals surface area (Å²) in [7, 11) is 0. The zero-order valence-electron chi connectivity index (χ0n) is 11.1. The molecule has 1 N–H and O–H groups in total. The van der Waals surface area contributed by atoms with Crippen LogP contribution in [0.3, 0.4) is 0 Å². The van der Waals surface area contributed by atoms with Gasteiger partial charge in [0.05, 0.1) is 0 Å². The standard InChI is InChI=1S/C16H20N2O/c19-16-10-4-5-13-18(16)14-12-17-11-6-9-15-7-2-1-3-8-15/h1-5,7-8,10,13,17H,6,9,11-12,14H2. The number of aromatic nitrogens is 1. The number of hydrogen-bond donors (Lipinski definition) is 1. The molecular formula is C16H20N2O. The third-order valence-corrected chi connectivity index (χ3v) is 3.09. The van der Waals surface area contributed by atoms with Crippen LogP contribution in [0.15, 0.2) is 59.5 Å². The summed E-state index contributed by atoms with van der Waals surface area (Å²) in [6.07, 6.45) is 4.04. The third kappa shape index (κ3) is 4.72. The maximum absolute atomic E-state index is 11.5. The van der Waals surface area contributed by atoms with Gasteiger partial charge in [-0.2, -0.15) is 0 Å². The van der Waals surface area contributed by atoms with Crippen molar-refractivity contribution in [2.24, 2.45) is 0 Å². The molecule has 0 atom stereocenters. The largest absolute Gasteiger partial charge is 0.315 e. The first-order valence-electron chi connectivity index (χ1n) is 6.76. The van der Waals surface area contributed by atoms with Crippen molar-refractivity contribution in [1.29, 1.82) is 0 Å². The van der Waals surface area contributed by atoms with Crippen molar-refractivity contribution < 1.29 is 0 Å². The van der Waals surface area contributed by atoms with E-state index in [9.17, 15) is 4.79 Å². The van der Waals surface area contributed by atoms with Gasteiger partial charge in [-0.1, -0.05) is 36.4 Å². The number of nitrogens with one attached hydrogen (secondary N) is 1. The molecular weight excluding hydrogens is 236 g/mol. The van der Waals surface area contributed by atoms with E-state index in [2.05, 4.69) is 29.6 Å². The number of nitrogens with zero attached hydrogens (tertiary/aromatic N) is 1. The molecule has 0 fully saturated rings. The molecule has 1 aromatic heterocycles. The first-order chi connectivity index (χ1) is 9.36. The van der Waals surface area contributed by atoms with Crippen LogP contribution in [-0.4, -0.2) is 17.7 Å². The second-order valence-corrected chi connectivity index (χ2v) is 4.57. The van der Waals surface area contributed by atoms with E-state index in [0.717, 1.165) is 32.5 Å². The molecule has 3 heteroatoms. The van der Waals surface area contributed by atoms with Gasteiger partial charge in [0.15, 0.2) is 0 Å². The Kier molecular flexibility index (Phi) is 5.38. The molecule has 2 rings (SSSR count). The molecule has 1 heterocycles. The van der Waals surface area contributed by atoms with Gasteiger partial charge in [0, 0.05) is 25.4 Å². The van der Waals surface area contributed by atoms with Gasteiger partial charge in [0.25, 0.3) is 5.56 Å². The molecule has 19 heavy (non-hydrogen) atoms. The lowest BCUT2D eigenvalue weighted by Crippen LogP contribution is -2.26. The van der Waals surface area contributed by atoms with E-state index < -0.39 is 0 Å². The predicted molar refractivity (Wildman–Crippen MR) is 78.3 cm³/mol. The van der Waals surface area contributed by atoms with Crippen LogP contribution in [0.2, 0.25) is 0 Å². The van der Waals surface area contributed by atoms with Crippen molar-refractivity contribution in [3.63, 3.8) is 0 Å². The monoisotopic (exact) mass is 256 g/mol. The average Bonchev–Trinajstić information content (AvgIpc) is 2.45. The summed E-state index contributed by atoms with van der Waals surface area (Å²) in [5.74, 6) is 0. The Morgan fingerprint density at radius 3 is 2.53 bits per heavy atom.